The van der Waals surface area contributed by atoms with Crippen LogP contribution in [0.3, 0.4) is 0 Å². The van der Waals surface area contributed by atoms with Gasteiger partial charge in [0, 0.05) is 11.3 Å². The Balaban J connectivity index is 2.64. The first kappa shape index (κ1) is 13.0. The number of aliphatic hydroxyl groups excluding tert-OH is 2. The Labute approximate surface area is 99.3 Å². The second-order valence-corrected chi connectivity index (χ2v) is 3.62. The summed E-state index contributed by atoms with van der Waals surface area (Å²) in [7, 11) is 0. The second kappa shape index (κ2) is 6.52. The lowest BCUT2D eigenvalue weighted by molar-refractivity contribution is 0.0903. The number of Topliss-reactive ketones (excluding diaryl/α,β-unsaturated/α-hetero) is 1. The van der Waals surface area contributed by atoms with E-state index in [0.717, 1.165) is 0 Å². The Kier molecular flexibility index (Phi) is 5.31. The summed E-state index contributed by atoms with van der Waals surface area (Å²) in [6.45, 7) is -0.400. The maximum absolute atomic E-state index is 11.2. The molecule has 0 saturated carbocycles. The fraction of sp³-hybridized carbons (Fsp3) is 0.364. The van der Waals surface area contributed by atoms with Gasteiger partial charge in [-0.1, -0.05) is 12.1 Å². The molecule has 4 nitrogen and oxygen atoms in total. The molecule has 0 amide bonds. The average molecular weight is 242 g/mol. The third-order valence-electron chi connectivity index (χ3n) is 1.95. The molecular weight excluding hydrogens is 228 g/mol. The molecule has 16 heavy (non-hydrogen) atoms. The Bertz CT molecular complexity index is 354. The van der Waals surface area contributed by atoms with Crippen LogP contribution in [0.2, 0.25) is 0 Å². The zero-order chi connectivity index (χ0) is 12.0. The molecule has 5 heteroatoms. The van der Waals surface area contributed by atoms with Crippen molar-refractivity contribution in [3.63, 3.8) is 0 Å². The fourth-order valence-electron chi connectivity index (χ4n) is 1.10. The quantitative estimate of drug-likeness (QED) is 0.503. The summed E-state index contributed by atoms with van der Waals surface area (Å²) >= 11 is 3.91. The number of benzene rings is 1. The third kappa shape index (κ3) is 3.84. The van der Waals surface area contributed by atoms with Gasteiger partial charge in [0.1, 0.15) is 19.0 Å². The van der Waals surface area contributed by atoms with E-state index < -0.39 is 12.7 Å². The SMILES string of the molecule is O=C(CO)c1cccc(OCC(O)CS)c1. The molecule has 1 aromatic rings. The Morgan fingerprint density at radius 3 is 2.88 bits per heavy atom. The van der Waals surface area contributed by atoms with E-state index in [9.17, 15) is 9.90 Å². The predicted octanol–water partition coefficient (Wildman–Crippen LogP) is 0.531. The first-order chi connectivity index (χ1) is 7.67. The Morgan fingerprint density at radius 2 is 2.25 bits per heavy atom. The lowest BCUT2D eigenvalue weighted by Crippen LogP contribution is -2.19. The zero-order valence-corrected chi connectivity index (χ0v) is 9.56. The van der Waals surface area contributed by atoms with Crippen LogP contribution in [-0.2, 0) is 0 Å². The van der Waals surface area contributed by atoms with E-state index in [0.29, 0.717) is 17.1 Å². The molecule has 1 atom stereocenters. The summed E-state index contributed by atoms with van der Waals surface area (Å²) in [4.78, 5) is 11.2. The molecule has 0 heterocycles. The maximum Gasteiger partial charge on any atom is 0.188 e. The summed E-state index contributed by atoms with van der Waals surface area (Å²) in [6.07, 6.45) is -0.638. The van der Waals surface area contributed by atoms with E-state index in [2.05, 4.69) is 12.6 Å². The van der Waals surface area contributed by atoms with Crippen molar-refractivity contribution in [3.8, 4) is 5.75 Å². The first-order valence-electron chi connectivity index (χ1n) is 4.83. The number of carbonyl (C=O) groups excluding carboxylic acids is 1. The number of rotatable bonds is 6. The van der Waals surface area contributed by atoms with Crippen molar-refractivity contribution >= 4 is 18.4 Å². The highest BCUT2D eigenvalue weighted by Crippen LogP contribution is 2.14. The van der Waals surface area contributed by atoms with Crippen molar-refractivity contribution in [2.45, 2.75) is 6.10 Å². The van der Waals surface area contributed by atoms with Crippen LogP contribution in [0, 0.1) is 0 Å². The highest BCUT2D eigenvalue weighted by Gasteiger charge is 2.06. The van der Waals surface area contributed by atoms with Gasteiger partial charge in [-0.2, -0.15) is 12.6 Å². The number of aliphatic hydroxyl groups is 2. The smallest absolute Gasteiger partial charge is 0.188 e. The van der Waals surface area contributed by atoms with Crippen molar-refractivity contribution in [2.24, 2.45) is 0 Å². The monoisotopic (exact) mass is 242 g/mol. The van der Waals surface area contributed by atoms with Crippen molar-refractivity contribution in [1.29, 1.82) is 0 Å². The van der Waals surface area contributed by atoms with Crippen molar-refractivity contribution in [1.82, 2.24) is 0 Å². The van der Waals surface area contributed by atoms with Crippen LogP contribution >= 0.6 is 12.6 Å². The van der Waals surface area contributed by atoms with E-state index in [-0.39, 0.29) is 12.4 Å². The van der Waals surface area contributed by atoms with Gasteiger partial charge in [-0.25, -0.2) is 0 Å². The number of hydrogen-bond donors (Lipinski definition) is 3. The lowest BCUT2D eigenvalue weighted by atomic mass is 10.1. The summed E-state index contributed by atoms with van der Waals surface area (Å²) in [5.74, 6) is 0.440. The van der Waals surface area contributed by atoms with E-state index in [4.69, 9.17) is 9.84 Å². The van der Waals surface area contributed by atoms with E-state index in [1.807, 2.05) is 0 Å². The number of hydrogen-bond acceptors (Lipinski definition) is 5. The van der Waals surface area contributed by atoms with Gasteiger partial charge < -0.3 is 14.9 Å². The van der Waals surface area contributed by atoms with Crippen LogP contribution in [0.5, 0.6) is 5.75 Å². The van der Waals surface area contributed by atoms with Crippen LogP contribution in [0.15, 0.2) is 24.3 Å². The third-order valence-corrected chi connectivity index (χ3v) is 2.37. The second-order valence-electron chi connectivity index (χ2n) is 3.26. The molecule has 0 saturated heterocycles. The molecule has 0 spiro atoms. The van der Waals surface area contributed by atoms with Gasteiger partial charge in [-0.05, 0) is 12.1 Å². The number of ether oxygens (including phenoxy) is 1. The van der Waals surface area contributed by atoms with Crippen LogP contribution in [0.4, 0.5) is 0 Å². The first-order valence-corrected chi connectivity index (χ1v) is 5.46. The van der Waals surface area contributed by atoms with E-state index >= 15 is 0 Å². The summed E-state index contributed by atoms with van der Waals surface area (Å²) in [5.41, 5.74) is 0.389. The highest BCUT2D eigenvalue weighted by atomic mass is 32.1. The highest BCUT2D eigenvalue weighted by molar-refractivity contribution is 7.80. The minimum absolute atomic E-state index is 0.125. The van der Waals surface area contributed by atoms with E-state index in [1.165, 1.54) is 6.07 Å². The maximum atomic E-state index is 11.2. The minimum Gasteiger partial charge on any atom is -0.491 e. The molecule has 1 rings (SSSR count). The predicted molar refractivity (Wildman–Crippen MR) is 63.2 cm³/mol. The zero-order valence-electron chi connectivity index (χ0n) is 8.67. The van der Waals surface area contributed by atoms with Crippen LogP contribution < -0.4 is 4.74 Å². The Hall–Kier alpha value is -1.04. The van der Waals surface area contributed by atoms with Gasteiger partial charge in [0.05, 0.1) is 6.10 Å². The summed E-state index contributed by atoms with van der Waals surface area (Å²) in [6, 6.07) is 6.47. The minimum atomic E-state index is -0.638. The number of carbonyl (C=O) groups is 1. The molecule has 88 valence electrons. The lowest BCUT2D eigenvalue weighted by Gasteiger charge is -2.10. The number of ketones is 1. The van der Waals surface area contributed by atoms with Gasteiger partial charge in [0.2, 0.25) is 0 Å². The largest absolute Gasteiger partial charge is 0.491 e. The molecule has 0 fully saturated rings. The van der Waals surface area contributed by atoms with Crippen LogP contribution in [-0.4, -0.2) is 41.1 Å². The molecule has 0 aliphatic heterocycles. The number of thiol groups is 1. The van der Waals surface area contributed by atoms with Gasteiger partial charge >= 0.3 is 0 Å². The molecule has 0 radical (unpaired) electrons. The molecule has 0 aliphatic carbocycles. The fourth-order valence-corrected chi connectivity index (χ4v) is 1.20. The topological polar surface area (TPSA) is 66.8 Å². The van der Waals surface area contributed by atoms with Crippen molar-refractivity contribution < 1.29 is 19.7 Å². The van der Waals surface area contributed by atoms with Gasteiger partial charge in [0.25, 0.3) is 0 Å². The van der Waals surface area contributed by atoms with Crippen molar-refractivity contribution in [2.75, 3.05) is 19.0 Å². The molecule has 0 aromatic heterocycles. The molecular formula is C11H14O4S. The van der Waals surface area contributed by atoms with Gasteiger partial charge in [-0.15, -0.1) is 0 Å². The molecule has 0 bridgehead atoms. The normalized spacial score (nSPS) is 12.2. The molecule has 2 N–H and O–H groups in total. The Morgan fingerprint density at radius 1 is 1.50 bits per heavy atom. The standard InChI is InChI=1S/C11H14O4S/c12-5-11(14)8-2-1-3-10(4-8)15-6-9(13)7-16/h1-4,9,12-13,16H,5-7H2. The van der Waals surface area contributed by atoms with Crippen molar-refractivity contribution in [3.05, 3.63) is 29.8 Å². The van der Waals surface area contributed by atoms with Gasteiger partial charge in [0.15, 0.2) is 5.78 Å². The van der Waals surface area contributed by atoms with Crippen LogP contribution in [0.25, 0.3) is 0 Å². The van der Waals surface area contributed by atoms with E-state index in [1.54, 1.807) is 18.2 Å². The summed E-state index contributed by atoms with van der Waals surface area (Å²) in [5, 5.41) is 17.9. The average Bonchev–Trinajstić information content (AvgIpc) is 2.35. The summed E-state index contributed by atoms with van der Waals surface area (Å²) < 4.78 is 5.26. The molecule has 0 aliphatic rings. The van der Waals surface area contributed by atoms with Gasteiger partial charge in [-0.3, -0.25) is 4.79 Å². The van der Waals surface area contributed by atoms with Crippen LogP contribution in [0.1, 0.15) is 10.4 Å². The molecule has 1 aromatic carbocycles. The molecule has 1 unspecified atom stereocenters.